The van der Waals surface area contributed by atoms with Crippen LogP contribution in [0.4, 0.5) is 21.9 Å². The first-order valence-electron chi connectivity index (χ1n) is 17.0. The molecule has 19 heteroatoms. The van der Waals surface area contributed by atoms with Gasteiger partial charge in [0.05, 0.1) is 37.9 Å². The van der Waals surface area contributed by atoms with Gasteiger partial charge in [0, 0.05) is 29.8 Å². The zero-order valence-corrected chi connectivity index (χ0v) is 33.7. The van der Waals surface area contributed by atoms with Crippen LogP contribution in [0.1, 0.15) is 62.7 Å². The number of ketones is 1. The summed E-state index contributed by atoms with van der Waals surface area (Å²) in [5, 5.41) is 17.1. The van der Waals surface area contributed by atoms with E-state index in [4.69, 9.17) is 27.9 Å². The minimum atomic E-state index is -3.93. The number of nitro benzene ring substituents is 1. The largest absolute Gasteiger partial charge is 0.455 e. The molecule has 15 nitrogen and oxygen atoms in total. The summed E-state index contributed by atoms with van der Waals surface area (Å²) in [4.78, 5) is 44.2. The summed E-state index contributed by atoms with van der Waals surface area (Å²) in [5.41, 5.74) is 1.03. The molecule has 0 aliphatic heterocycles. The Labute approximate surface area is 335 Å². The van der Waals surface area contributed by atoms with Gasteiger partial charge in [-0.1, -0.05) is 79.7 Å². The molecule has 0 spiro atoms. The first-order chi connectivity index (χ1) is 26.4. The predicted octanol–water partition coefficient (Wildman–Crippen LogP) is 8.31. The van der Waals surface area contributed by atoms with Crippen LogP contribution in [0.15, 0.2) is 95.9 Å². The summed E-state index contributed by atoms with van der Waals surface area (Å²) in [5.74, 6) is 0.306. The molecule has 0 radical (unpaired) electrons. The maximum absolute atomic E-state index is 12.1. The average Bonchev–Trinajstić information content (AvgIpc) is 3.14. The number of non-ortho nitro benzene ring substituents is 1. The molecule has 1 aliphatic carbocycles. The Morgan fingerprint density at radius 2 is 1.50 bits per heavy atom. The molecule has 4 aromatic rings. The summed E-state index contributed by atoms with van der Waals surface area (Å²) in [7, 11) is -7.45. The van der Waals surface area contributed by atoms with E-state index in [1.54, 1.807) is 55.5 Å². The molecular weight excluding hydrogens is 809 g/mol. The minimum absolute atomic E-state index is 0.0315. The second-order valence-corrected chi connectivity index (χ2v) is 16.5. The van der Waals surface area contributed by atoms with Gasteiger partial charge in [0.1, 0.15) is 5.75 Å². The average molecular weight is 851 g/mol. The fourth-order valence-electron chi connectivity index (χ4n) is 4.94. The molecule has 1 saturated carbocycles. The zero-order chi connectivity index (χ0) is 41.5. The number of ether oxygens (including phenoxy) is 1. The molecule has 0 unspecified atom stereocenters. The van der Waals surface area contributed by atoms with Gasteiger partial charge in [0.15, 0.2) is 11.5 Å². The summed E-state index contributed by atoms with van der Waals surface area (Å²) < 4.78 is 56.6. The van der Waals surface area contributed by atoms with Crippen LogP contribution in [0.5, 0.6) is 11.5 Å². The van der Waals surface area contributed by atoms with E-state index in [9.17, 15) is 41.3 Å². The Bertz CT molecular complexity index is 2220. The number of Topliss-reactive ketones (excluding diaryl/α,β-unsaturated/α-hetero) is 1. The lowest BCUT2D eigenvalue weighted by Crippen LogP contribution is -2.45. The number of rotatable bonds is 11. The highest BCUT2D eigenvalue weighted by Crippen LogP contribution is 2.33. The van der Waals surface area contributed by atoms with Crippen LogP contribution in [-0.4, -0.2) is 51.8 Å². The summed E-state index contributed by atoms with van der Waals surface area (Å²) in [6.45, 7) is 3.19. The Morgan fingerprint density at radius 3 is 2.05 bits per heavy atom. The number of anilines is 2. The number of nitro groups is 1. The normalized spacial score (nSPS) is 12.7. The fraction of sp³-hybridized carbons (Fsp3) is 0.270. The molecule has 1 aliphatic rings. The molecule has 0 atom stereocenters. The van der Waals surface area contributed by atoms with E-state index in [0.717, 1.165) is 38.4 Å². The number of halogens is 2. The highest BCUT2D eigenvalue weighted by Gasteiger charge is 2.21. The Balaban J connectivity index is 0.000000233. The van der Waals surface area contributed by atoms with Crippen molar-refractivity contribution < 1.29 is 40.9 Å². The Hall–Kier alpha value is -5.23. The van der Waals surface area contributed by atoms with Gasteiger partial charge in [-0.25, -0.2) is 26.4 Å². The summed E-state index contributed by atoms with van der Waals surface area (Å²) in [6, 6.07) is 22.0. The van der Waals surface area contributed by atoms with Crippen LogP contribution in [0.25, 0.3) is 0 Å². The molecule has 3 amide bonds. The van der Waals surface area contributed by atoms with E-state index >= 15 is 0 Å². The number of nitrogens with zero attached hydrogens (tertiary/aromatic N) is 1. The van der Waals surface area contributed by atoms with Crippen LogP contribution < -0.4 is 24.8 Å². The van der Waals surface area contributed by atoms with Gasteiger partial charge in [-0.15, -0.1) is 0 Å². The molecule has 1 fully saturated rings. The van der Waals surface area contributed by atoms with Crippen molar-refractivity contribution in [3.05, 3.63) is 117 Å². The third-order valence-electron chi connectivity index (χ3n) is 7.71. The van der Waals surface area contributed by atoms with Gasteiger partial charge in [0.2, 0.25) is 15.9 Å². The number of carbonyl (C=O) groups excluding carboxylic acids is 3. The topological polar surface area (TPSA) is 220 Å². The molecule has 300 valence electrons. The standard InChI is InChI=1S/C15H20N2O4S.C13H12N2O5S.C9H9Cl2NO/c1-11(18)12-7-9-14(10-8-12)22(20,21)17-15(19)16-13-5-3-2-4-6-13;1-21(18,19)14-12-8-7-10(15(16)17)9-13(12)20-11-5-3-2-4-6-11;1-2-9(13)12-6-3-4-7(10)8(11)5-6/h7-10,13H,2-6H2,1H3,(H2,16,17,19);2-9,14H,1H3;3-5H,2H2,1H3,(H,12,13). The van der Waals surface area contributed by atoms with Gasteiger partial charge >= 0.3 is 6.03 Å². The van der Waals surface area contributed by atoms with Crippen molar-refractivity contribution >= 4 is 78.0 Å². The lowest BCUT2D eigenvalue weighted by atomic mass is 9.96. The molecule has 4 N–H and O–H groups in total. The van der Waals surface area contributed by atoms with Gasteiger partial charge in [0.25, 0.3) is 15.7 Å². The molecular formula is C37H41Cl2N5O10S2. The van der Waals surface area contributed by atoms with Gasteiger partial charge < -0.3 is 15.4 Å². The highest BCUT2D eigenvalue weighted by molar-refractivity contribution is 7.92. The van der Waals surface area contributed by atoms with E-state index in [2.05, 4.69) is 15.4 Å². The third kappa shape index (κ3) is 15.5. The monoisotopic (exact) mass is 849 g/mol. The number of amides is 3. The van der Waals surface area contributed by atoms with Crippen molar-refractivity contribution in [2.24, 2.45) is 0 Å². The van der Waals surface area contributed by atoms with Crippen molar-refractivity contribution in [2.45, 2.75) is 63.3 Å². The van der Waals surface area contributed by atoms with Crippen molar-refractivity contribution in [1.29, 1.82) is 0 Å². The number of nitrogens with one attached hydrogen (secondary N) is 4. The number of benzene rings is 4. The maximum Gasteiger partial charge on any atom is 0.328 e. The lowest BCUT2D eigenvalue weighted by Gasteiger charge is -2.22. The predicted molar refractivity (Wildman–Crippen MR) is 216 cm³/mol. The maximum atomic E-state index is 12.1. The number of para-hydroxylation sites is 1. The number of carbonyl (C=O) groups is 3. The van der Waals surface area contributed by atoms with E-state index < -0.39 is 31.0 Å². The van der Waals surface area contributed by atoms with Crippen LogP contribution in [-0.2, 0) is 24.8 Å². The molecule has 0 aromatic heterocycles. The summed E-state index contributed by atoms with van der Waals surface area (Å²) >= 11 is 11.5. The summed E-state index contributed by atoms with van der Waals surface area (Å²) in [6.07, 6.45) is 6.43. The van der Waals surface area contributed by atoms with Crippen molar-refractivity contribution in [3.63, 3.8) is 0 Å². The number of sulfonamides is 2. The molecule has 0 saturated heterocycles. The smallest absolute Gasteiger partial charge is 0.328 e. The highest BCUT2D eigenvalue weighted by atomic mass is 35.5. The van der Waals surface area contributed by atoms with Gasteiger partial charge in [-0.05, 0) is 68.3 Å². The van der Waals surface area contributed by atoms with Gasteiger partial charge in [-0.3, -0.25) is 24.4 Å². The number of hydrogen-bond acceptors (Lipinski definition) is 10. The molecule has 5 rings (SSSR count). The Kier molecular flexibility index (Phi) is 17.1. The first-order valence-corrected chi connectivity index (χ1v) is 21.2. The number of urea groups is 1. The second-order valence-electron chi connectivity index (χ2n) is 12.3. The zero-order valence-electron chi connectivity index (χ0n) is 30.6. The van der Waals surface area contributed by atoms with E-state index in [-0.39, 0.29) is 39.8 Å². The molecule has 0 bridgehead atoms. The van der Waals surface area contributed by atoms with Crippen LogP contribution in [0, 0.1) is 10.1 Å². The van der Waals surface area contributed by atoms with E-state index in [1.807, 2.05) is 4.72 Å². The van der Waals surface area contributed by atoms with E-state index in [1.165, 1.54) is 49.4 Å². The SMILES string of the molecule is CC(=O)c1ccc(S(=O)(=O)NC(=O)NC2CCCCC2)cc1.CCC(=O)Nc1ccc(Cl)c(Cl)c1.CS(=O)(=O)Nc1ccc([N+](=O)[O-])cc1Oc1ccccc1. The molecule has 56 heavy (non-hydrogen) atoms. The minimum Gasteiger partial charge on any atom is -0.455 e. The Morgan fingerprint density at radius 1 is 0.857 bits per heavy atom. The third-order valence-corrected chi connectivity index (χ3v) is 10.4. The van der Waals surface area contributed by atoms with E-state index in [0.29, 0.717) is 33.5 Å². The quantitative estimate of drug-likeness (QED) is 0.0642. The van der Waals surface area contributed by atoms with Crippen molar-refractivity contribution in [1.82, 2.24) is 10.0 Å². The molecule has 0 heterocycles. The van der Waals surface area contributed by atoms with Gasteiger partial charge in [-0.2, -0.15) is 0 Å². The lowest BCUT2D eigenvalue weighted by molar-refractivity contribution is -0.384. The van der Waals surface area contributed by atoms with Crippen LogP contribution >= 0.6 is 23.2 Å². The first kappa shape index (κ1) is 45.2. The molecule has 4 aromatic carbocycles. The van der Waals surface area contributed by atoms with Crippen molar-refractivity contribution in [2.75, 3.05) is 16.3 Å². The van der Waals surface area contributed by atoms with Crippen LogP contribution in [0.2, 0.25) is 10.0 Å². The second kappa shape index (κ2) is 21.2. The van der Waals surface area contributed by atoms with Crippen LogP contribution in [0.3, 0.4) is 0 Å². The van der Waals surface area contributed by atoms with Crippen molar-refractivity contribution in [3.8, 4) is 11.5 Å². The fourth-order valence-corrected chi connectivity index (χ4v) is 6.72. The number of hydrogen-bond donors (Lipinski definition) is 4.